The third-order valence-corrected chi connectivity index (χ3v) is 6.77. The minimum Gasteiger partial charge on any atom is -0.381 e. The number of carbonyl (C=O) groups is 1. The second kappa shape index (κ2) is 8.03. The van der Waals surface area contributed by atoms with Crippen LogP contribution < -0.4 is 5.56 Å². The molecule has 2 aromatic carbocycles. The zero-order valence-corrected chi connectivity index (χ0v) is 18.6. The zero-order valence-electron chi connectivity index (χ0n) is 18.6. The van der Waals surface area contributed by atoms with Crippen LogP contribution in [0.15, 0.2) is 41.3 Å². The molecule has 8 nitrogen and oxygen atoms in total. The summed E-state index contributed by atoms with van der Waals surface area (Å²) in [5.74, 6) is 0.327. The molecule has 0 bridgehead atoms. The van der Waals surface area contributed by atoms with Gasteiger partial charge in [0.05, 0.1) is 30.4 Å². The van der Waals surface area contributed by atoms with Gasteiger partial charge >= 0.3 is 0 Å². The first-order valence-electron chi connectivity index (χ1n) is 11.2. The molecule has 34 heavy (non-hydrogen) atoms. The van der Waals surface area contributed by atoms with Crippen LogP contribution in [0.25, 0.3) is 16.6 Å². The molecule has 1 fully saturated rings. The zero-order chi connectivity index (χ0) is 23.4. The minimum absolute atomic E-state index is 0.0951. The number of hydrogen-bond donors (Lipinski definition) is 1. The van der Waals surface area contributed by atoms with E-state index in [0.717, 1.165) is 23.3 Å². The number of aromatic nitrogens is 3. The average Bonchev–Trinajstić information content (AvgIpc) is 3.58. The summed E-state index contributed by atoms with van der Waals surface area (Å²) < 4.78 is 27.1. The molecule has 2 aliphatic heterocycles. The highest BCUT2D eigenvalue weighted by Gasteiger charge is 2.29. The maximum Gasteiger partial charge on any atom is 0.274 e. The first kappa shape index (κ1) is 21.0. The largest absolute Gasteiger partial charge is 0.381 e. The molecule has 0 aliphatic carbocycles. The van der Waals surface area contributed by atoms with Crippen LogP contribution in [0.5, 0.6) is 0 Å². The Morgan fingerprint density at radius 2 is 2.18 bits per heavy atom. The van der Waals surface area contributed by atoms with Crippen LogP contribution in [0.4, 0.5) is 4.39 Å². The number of benzene rings is 2. The Labute approximate surface area is 193 Å². The summed E-state index contributed by atoms with van der Waals surface area (Å²) in [5, 5.41) is 0. The highest BCUT2D eigenvalue weighted by atomic mass is 19.1. The monoisotopic (exact) mass is 462 g/mol. The van der Waals surface area contributed by atoms with Crippen molar-refractivity contribution in [3.63, 3.8) is 0 Å². The second-order valence-electron chi connectivity index (χ2n) is 8.85. The fourth-order valence-electron chi connectivity index (χ4n) is 5.08. The van der Waals surface area contributed by atoms with Crippen LogP contribution in [0.3, 0.4) is 0 Å². The average molecular weight is 462 g/mol. The quantitative estimate of drug-likeness (QED) is 0.504. The number of nitrogens with one attached hydrogen (secondary N) is 1. The fraction of sp³-hybridized carbons (Fsp3) is 0.320. The Balaban J connectivity index is 1.49. The van der Waals surface area contributed by atoms with Gasteiger partial charge in [-0.1, -0.05) is 12.1 Å². The number of halogens is 1. The molecule has 1 N–H and O–H groups in total. The van der Waals surface area contributed by atoms with Gasteiger partial charge in [-0.3, -0.25) is 14.0 Å². The summed E-state index contributed by atoms with van der Waals surface area (Å²) in [5.41, 5.74) is 3.90. The van der Waals surface area contributed by atoms with Gasteiger partial charge in [0.25, 0.3) is 11.5 Å². The minimum atomic E-state index is -0.307. The van der Waals surface area contributed by atoms with E-state index in [-0.39, 0.29) is 36.4 Å². The fourth-order valence-corrected chi connectivity index (χ4v) is 5.08. The third-order valence-electron chi connectivity index (χ3n) is 6.77. The molecule has 2 aliphatic rings. The van der Waals surface area contributed by atoms with Crippen LogP contribution in [0, 0.1) is 5.82 Å². The maximum absolute atomic E-state index is 14.3. The molecule has 1 saturated heterocycles. The molecule has 4 heterocycles. The molecular weight excluding hydrogens is 439 g/mol. The molecule has 1 atom stereocenters. The van der Waals surface area contributed by atoms with Gasteiger partial charge < -0.3 is 19.4 Å². The number of rotatable bonds is 4. The van der Waals surface area contributed by atoms with E-state index < -0.39 is 0 Å². The van der Waals surface area contributed by atoms with E-state index in [9.17, 15) is 14.0 Å². The number of amides is 1. The van der Waals surface area contributed by atoms with Crippen molar-refractivity contribution >= 4 is 22.5 Å². The summed E-state index contributed by atoms with van der Waals surface area (Å²) in [6.45, 7) is 1.96. The first-order valence-corrected chi connectivity index (χ1v) is 11.2. The van der Waals surface area contributed by atoms with E-state index in [4.69, 9.17) is 9.47 Å². The first-order chi connectivity index (χ1) is 16.5. The number of nitrogens with zero attached hydrogens (tertiary/aromatic N) is 3. The topological polar surface area (TPSA) is 88.9 Å². The number of fused-ring (bicyclic) bond motifs is 4. The van der Waals surface area contributed by atoms with E-state index in [2.05, 4.69) is 9.97 Å². The van der Waals surface area contributed by atoms with Crippen LogP contribution in [0.2, 0.25) is 0 Å². The van der Waals surface area contributed by atoms with E-state index in [1.165, 1.54) is 6.07 Å². The van der Waals surface area contributed by atoms with E-state index in [1.54, 1.807) is 30.3 Å². The molecule has 9 heteroatoms. The lowest BCUT2D eigenvalue weighted by Gasteiger charge is -2.19. The van der Waals surface area contributed by atoms with Gasteiger partial charge in [-0.15, -0.1) is 0 Å². The predicted octanol–water partition coefficient (Wildman–Crippen LogP) is 3.12. The normalized spacial score (nSPS) is 17.7. The number of hydrogen-bond acceptors (Lipinski definition) is 5. The third kappa shape index (κ3) is 3.23. The molecule has 174 valence electrons. The van der Waals surface area contributed by atoms with Crippen molar-refractivity contribution in [2.75, 3.05) is 20.3 Å². The molecule has 6 rings (SSSR count). The SMILES string of the molecule is COCc1cc2c(cc1C(=O)N1Cc3cccc(F)c3C1)[nH]c(=O)c1cnc(C3CCOC3)n12. The molecule has 1 amide bonds. The summed E-state index contributed by atoms with van der Waals surface area (Å²) in [6, 6.07) is 8.47. The Kier molecular flexibility index (Phi) is 4.96. The van der Waals surface area contributed by atoms with Crippen LogP contribution in [0.1, 0.15) is 45.2 Å². The van der Waals surface area contributed by atoms with Crippen molar-refractivity contribution in [3.8, 4) is 0 Å². The van der Waals surface area contributed by atoms with E-state index >= 15 is 0 Å². The molecule has 0 radical (unpaired) electrons. The summed E-state index contributed by atoms with van der Waals surface area (Å²) >= 11 is 0. The van der Waals surface area contributed by atoms with Crippen molar-refractivity contribution in [2.45, 2.75) is 32.0 Å². The standard InChI is InChI=1S/C25H23FN4O4/c1-33-12-16-7-21-20(28-24(31)22-9-27-23(30(21)22)15-5-6-34-13-15)8-17(16)25(32)29-10-14-3-2-4-19(26)18(14)11-29/h2-4,7-9,15H,5-6,10-13H2,1H3,(H,28,31). The molecule has 4 aromatic rings. The highest BCUT2D eigenvalue weighted by Crippen LogP contribution is 2.30. The van der Waals surface area contributed by atoms with Crippen LogP contribution in [-0.2, 0) is 29.2 Å². The Morgan fingerprint density at radius 3 is 2.94 bits per heavy atom. The van der Waals surface area contributed by atoms with Crippen molar-refractivity contribution < 1.29 is 18.7 Å². The number of methoxy groups -OCH3 is 1. The van der Waals surface area contributed by atoms with E-state index in [1.807, 2.05) is 16.5 Å². The van der Waals surface area contributed by atoms with Gasteiger partial charge in [0, 0.05) is 43.9 Å². The lowest BCUT2D eigenvalue weighted by atomic mass is 10.0. The van der Waals surface area contributed by atoms with E-state index in [0.29, 0.717) is 47.5 Å². The summed E-state index contributed by atoms with van der Waals surface area (Å²) in [4.78, 5) is 35.5. The molecule has 1 unspecified atom stereocenters. The van der Waals surface area contributed by atoms with Crippen LogP contribution >= 0.6 is 0 Å². The Hall–Kier alpha value is -3.56. The van der Waals surface area contributed by atoms with Crippen molar-refractivity contribution in [1.82, 2.24) is 19.3 Å². The Bertz CT molecular complexity index is 1500. The molecular formula is C25H23FN4O4. The lowest BCUT2D eigenvalue weighted by molar-refractivity contribution is 0.0746. The van der Waals surface area contributed by atoms with Crippen molar-refractivity contribution in [2.24, 2.45) is 0 Å². The van der Waals surface area contributed by atoms with Gasteiger partial charge in [0.2, 0.25) is 0 Å². The number of imidazole rings is 1. The lowest BCUT2D eigenvalue weighted by Crippen LogP contribution is -2.27. The molecule has 2 aromatic heterocycles. The van der Waals surface area contributed by atoms with Crippen molar-refractivity contribution in [3.05, 3.63) is 80.8 Å². The second-order valence-corrected chi connectivity index (χ2v) is 8.85. The van der Waals surface area contributed by atoms with Gasteiger partial charge in [0.1, 0.15) is 17.2 Å². The number of aromatic amines is 1. The highest BCUT2D eigenvalue weighted by molar-refractivity contribution is 5.99. The number of carbonyl (C=O) groups excluding carboxylic acids is 1. The molecule has 0 saturated carbocycles. The van der Waals surface area contributed by atoms with Gasteiger partial charge in [-0.05, 0) is 35.7 Å². The number of ether oxygens (including phenoxy) is 2. The Morgan fingerprint density at radius 1 is 1.29 bits per heavy atom. The van der Waals surface area contributed by atoms with Crippen LogP contribution in [-0.4, -0.2) is 45.5 Å². The summed E-state index contributed by atoms with van der Waals surface area (Å²) in [6.07, 6.45) is 2.41. The predicted molar refractivity (Wildman–Crippen MR) is 122 cm³/mol. The van der Waals surface area contributed by atoms with Crippen molar-refractivity contribution in [1.29, 1.82) is 0 Å². The smallest absolute Gasteiger partial charge is 0.274 e. The maximum atomic E-state index is 14.3. The molecule has 0 spiro atoms. The van der Waals surface area contributed by atoms with Gasteiger partial charge in [0.15, 0.2) is 0 Å². The number of H-pyrrole nitrogens is 1. The summed E-state index contributed by atoms with van der Waals surface area (Å²) in [7, 11) is 1.57. The van der Waals surface area contributed by atoms with Gasteiger partial charge in [-0.25, -0.2) is 9.37 Å². The van der Waals surface area contributed by atoms with Gasteiger partial charge in [-0.2, -0.15) is 0 Å².